The molecule has 1 aromatic carbocycles. The molecule has 0 atom stereocenters. The second kappa shape index (κ2) is 6.20. The van der Waals surface area contributed by atoms with Crippen molar-refractivity contribution in [2.75, 3.05) is 6.61 Å². The lowest BCUT2D eigenvalue weighted by Crippen LogP contribution is -2.01. The predicted octanol–water partition coefficient (Wildman–Crippen LogP) is 3.19. The fourth-order valence-corrected chi connectivity index (χ4v) is 1.61. The lowest BCUT2D eigenvalue weighted by Gasteiger charge is -1.96. The third-order valence-electron chi connectivity index (χ3n) is 2.31. The summed E-state index contributed by atoms with van der Waals surface area (Å²) in [5, 5.41) is 0.619. The molecule has 2 rings (SSSR count). The highest BCUT2D eigenvalue weighted by molar-refractivity contribution is 6.32. The minimum absolute atomic E-state index is 0.153. The quantitative estimate of drug-likeness (QED) is 0.482. The summed E-state index contributed by atoms with van der Waals surface area (Å²) in [7, 11) is 0. The van der Waals surface area contributed by atoms with E-state index < -0.39 is 5.97 Å². The van der Waals surface area contributed by atoms with Crippen LogP contribution in [0.3, 0.4) is 0 Å². The molecule has 0 bridgehead atoms. The number of carbonyl (C=O) groups is 1. The Bertz CT molecular complexity index is 576. The molecular formula is C14H12ClNO3. The number of ether oxygens (including phenoxy) is 2. The molecule has 4 nitrogen and oxygen atoms in total. The molecule has 1 aliphatic rings. The Kier molecular flexibility index (Phi) is 4.36. The molecule has 19 heavy (non-hydrogen) atoms. The zero-order valence-corrected chi connectivity index (χ0v) is 11.1. The van der Waals surface area contributed by atoms with Crippen molar-refractivity contribution >= 4 is 29.5 Å². The van der Waals surface area contributed by atoms with Crippen molar-refractivity contribution in [3.05, 3.63) is 52.9 Å². The molecule has 0 radical (unpaired) electrons. The number of carbonyl (C=O) groups excluding carboxylic acids is 1. The van der Waals surface area contributed by atoms with Crippen molar-refractivity contribution in [2.45, 2.75) is 6.92 Å². The van der Waals surface area contributed by atoms with E-state index in [9.17, 15) is 4.79 Å². The van der Waals surface area contributed by atoms with Gasteiger partial charge < -0.3 is 9.47 Å². The van der Waals surface area contributed by atoms with E-state index in [0.717, 1.165) is 5.56 Å². The van der Waals surface area contributed by atoms with Crippen LogP contribution in [0.2, 0.25) is 5.02 Å². The number of benzene rings is 1. The highest BCUT2D eigenvalue weighted by Gasteiger charge is 2.21. The Morgan fingerprint density at radius 2 is 2.16 bits per heavy atom. The molecule has 0 saturated carbocycles. The molecule has 0 aromatic heterocycles. The van der Waals surface area contributed by atoms with Crippen LogP contribution in [0.15, 0.2) is 47.3 Å². The first-order valence-corrected chi connectivity index (χ1v) is 6.13. The average molecular weight is 278 g/mol. The second-order valence-corrected chi connectivity index (χ2v) is 4.06. The molecule has 0 spiro atoms. The molecule has 1 aliphatic heterocycles. The highest BCUT2D eigenvalue weighted by atomic mass is 35.5. The summed E-state index contributed by atoms with van der Waals surface area (Å²) in [4.78, 5) is 15.4. The molecule has 0 saturated heterocycles. The monoisotopic (exact) mass is 277 g/mol. The van der Waals surface area contributed by atoms with Crippen LogP contribution >= 0.6 is 11.6 Å². The van der Waals surface area contributed by atoms with E-state index in [1.165, 1.54) is 6.26 Å². The van der Waals surface area contributed by atoms with Gasteiger partial charge in [-0.15, -0.1) is 0 Å². The van der Waals surface area contributed by atoms with E-state index >= 15 is 0 Å². The maximum atomic E-state index is 11.4. The van der Waals surface area contributed by atoms with Gasteiger partial charge in [0.1, 0.15) is 6.26 Å². The largest absolute Gasteiger partial charge is 0.499 e. The lowest BCUT2D eigenvalue weighted by atomic mass is 10.2. The Hall–Kier alpha value is -2.07. The molecule has 5 heteroatoms. The van der Waals surface area contributed by atoms with Gasteiger partial charge in [0.25, 0.3) is 0 Å². The summed E-state index contributed by atoms with van der Waals surface area (Å²) in [6, 6.07) is 7.35. The molecule has 0 unspecified atom stereocenters. The van der Waals surface area contributed by atoms with Gasteiger partial charge in [-0.1, -0.05) is 29.8 Å². The third-order valence-corrected chi connectivity index (χ3v) is 2.65. The van der Waals surface area contributed by atoms with E-state index in [1.807, 2.05) is 25.1 Å². The third kappa shape index (κ3) is 3.45. The van der Waals surface area contributed by atoms with Crippen molar-refractivity contribution in [1.82, 2.24) is 0 Å². The average Bonchev–Trinajstić information content (AvgIpc) is 2.76. The van der Waals surface area contributed by atoms with E-state index in [-0.39, 0.29) is 11.6 Å². The SMILES string of the molecule is CCO/C=C1N=C(/C=C\c2ccccc2Cl)OC/1=O. The Morgan fingerprint density at radius 3 is 2.89 bits per heavy atom. The lowest BCUT2D eigenvalue weighted by molar-refractivity contribution is -0.130. The summed E-state index contributed by atoms with van der Waals surface area (Å²) in [6.45, 7) is 2.29. The van der Waals surface area contributed by atoms with Gasteiger partial charge >= 0.3 is 5.97 Å². The fourth-order valence-electron chi connectivity index (χ4n) is 1.41. The molecule has 0 N–H and O–H groups in total. The zero-order valence-electron chi connectivity index (χ0n) is 10.3. The number of hydrogen-bond donors (Lipinski definition) is 0. The van der Waals surface area contributed by atoms with Crippen LogP contribution in [0, 0.1) is 0 Å². The maximum absolute atomic E-state index is 11.4. The maximum Gasteiger partial charge on any atom is 0.367 e. The van der Waals surface area contributed by atoms with E-state index in [1.54, 1.807) is 18.2 Å². The fraction of sp³-hybridized carbons (Fsp3) is 0.143. The summed E-state index contributed by atoms with van der Waals surface area (Å²) in [6.07, 6.45) is 4.61. The molecule has 0 aliphatic carbocycles. The van der Waals surface area contributed by atoms with Crippen LogP contribution in [0.5, 0.6) is 0 Å². The first kappa shape index (κ1) is 13.4. The number of halogens is 1. The molecule has 98 valence electrons. The van der Waals surface area contributed by atoms with Gasteiger partial charge in [-0.25, -0.2) is 9.79 Å². The number of aliphatic imine (C=N–C) groups is 1. The van der Waals surface area contributed by atoms with Crippen molar-refractivity contribution in [3.63, 3.8) is 0 Å². The van der Waals surface area contributed by atoms with Crippen LogP contribution in [-0.2, 0) is 14.3 Å². The van der Waals surface area contributed by atoms with Crippen LogP contribution in [0.25, 0.3) is 6.08 Å². The van der Waals surface area contributed by atoms with Crippen LogP contribution in [0.1, 0.15) is 12.5 Å². The standard InChI is InChI=1S/C14H12ClNO3/c1-2-18-9-12-14(17)19-13(16-12)8-7-10-5-3-4-6-11(10)15/h3-9H,2H2,1H3/b8-7-,12-9+. The molecule has 0 fully saturated rings. The van der Waals surface area contributed by atoms with E-state index in [2.05, 4.69) is 4.99 Å². The Balaban J connectivity index is 2.12. The van der Waals surface area contributed by atoms with Gasteiger partial charge in [-0.3, -0.25) is 0 Å². The smallest absolute Gasteiger partial charge is 0.367 e. The predicted molar refractivity (Wildman–Crippen MR) is 73.7 cm³/mol. The van der Waals surface area contributed by atoms with Crippen molar-refractivity contribution in [2.24, 2.45) is 4.99 Å². The minimum Gasteiger partial charge on any atom is -0.499 e. The molecule has 1 heterocycles. The normalized spacial score (nSPS) is 16.8. The first-order valence-electron chi connectivity index (χ1n) is 5.76. The van der Waals surface area contributed by atoms with E-state index in [4.69, 9.17) is 21.1 Å². The van der Waals surface area contributed by atoms with Gasteiger partial charge in [0.05, 0.1) is 6.61 Å². The van der Waals surface area contributed by atoms with Gasteiger partial charge in [0.2, 0.25) is 5.90 Å². The number of cyclic esters (lactones) is 1. The molecule has 1 aromatic rings. The second-order valence-electron chi connectivity index (χ2n) is 3.65. The number of rotatable bonds is 4. The van der Waals surface area contributed by atoms with Gasteiger partial charge in [-0.2, -0.15) is 0 Å². The topological polar surface area (TPSA) is 47.9 Å². The van der Waals surface area contributed by atoms with Gasteiger partial charge in [0.15, 0.2) is 5.70 Å². The van der Waals surface area contributed by atoms with Crippen molar-refractivity contribution in [3.8, 4) is 0 Å². The number of nitrogens with zero attached hydrogens (tertiary/aromatic N) is 1. The highest BCUT2D eigenvalue weighted by Crippen LogP contribution is 2.18. The Labute approximate surface area is 116 Å². The van der Waals surface area contributed by atoms with Crippen molar-refractivity contribution in [1.29, 1.82) is 0 Å². The molecular weight excluding hydrogens is 266 g/mol. The summed E-state index contributed by atoms with van der Waals surface area (Å²) in [5.74, 6) is -0.303. The summed E-state index contributed by atoms with van der Waals surface area (Å²) >= 11 is 6.01. The number of hydrogen-bond acceptors (Lipinski definition) is 4. The van der Waals surface area contributed by atoms with Crippen LogP contribution in [0.4, 0.5) is 0 Å². The van der Waals surface area contributed by atoms with E-state index in [0.29, 0.717) is 11.6 Å². The molecule has 0 amide bonds. The number of esters is 1. The van der Waals surface area contributed by atoms with Gasteiger partial charge in [0, 0.05) is 11.1 Å². The summed E-state index contributed by atoms with van der Waals surface area (Å²) < 4.78 is 9.97. The minimum atomic E-state index is -0.521. The zero-order chi connectivity index (χ0) is 13.7. The Morgan fingerprint density at radius 1 is 1.37 bits per heavy atom. The van der Waals surface area contributed by atoms with Crippen LogP contribution < -0.4 is 0 Å². The first-order chi connectivity index (χ1) is 9.20. The summed E-state index contributed by atoms with van der Waals surface area (Å²) in [5.41, 5.74) is 0.978. The van der Waals surface area contributed by atoms with Crippen molar-refractivity contribution < 1.29 is 14.3 Å². The van der Waals surface area contributed by atoms with Gasteiger partial charge in [-0.05, 0) is 24.6 Å². The van der Waals surface area contributed by atoms with Crippen LogP contribution in [-0.4, -0.2) is 18.5 Å².